The highest BCUT2D eigenvalue weighted by Crippen LogP contribution is 2.34. The Morgan fingerprint density at radius 1 is 1.07 bits per heavy atom. The van der Waals surface area contributed by atoms with Crippen molar-refractivity contribution in [3.8, 4) is 11.5 Å². The fourth-order valence-electron chi connectivity index (χ4n) is 3.57. The van der Waals surface area contributed by atoms with E-state index in [0.717, 1.165) is 19.3 Å². The number of esters is 1. The van der Waals surface area contributed by atoms with E-state index in [1.165, 1.54) is 16.4 Å². The highest BCUT2D eigenvalue weighted by molar-refractivity contribution is 7.89. The monoisotopic (exact) mass is 450 g/mol. The number of hydrogen-bond acceptors (Lipinski definition) is 6. The molecule has 0 amide bonds. The fraction of sp³-hybridized carbons (Fsp3) is 0.381. The second-order valence-electron chi connectivity index (χ2n) is 7.33. The molecule has 0 aliphatic carbocycles. The molecule has 30 heavy (non-hydrogen) atoms. The van der Waals surface area contributed by atoms with Gasteiger partial charge < -0.3 is 14.8 Å². The minimum atomic E-state index is -3.62. The lowest BCUT2D eigenvalue weighted by Gasteiger charge is -2.26. The molecule has 0 saturated carbocycles. The first-order chi connectivity index (χ1) is 14.4. The summed E-state index contributed by atoms with van der Waals surface area (Å²) in [6.07, 6.45) is 3.25. The number of carbonyl (C=O) groups excluding carboxylic acids is 1. The van der Waals surface area contributed by atoms with Gasteiger partial charge in [-0.3, -0.25) is 0 Å². The predicted molar refractivity (Wildman–Crippen MR) is 114 cm³/mol. The van der Waals surface area contributed by atoms with Crippen LogP contribution in [0.15, 0.2) is 47.4 Å². The number of piperidine rings is 1. The summed E-state index contributed by atoms with van der Waals surface area (Å²) in [5, 5.41) is 3.68. The van der Waals surface area contributed by atoms with Gasteiger partial charge in [-0.05, 0) is 55.3 Å². The third-order valence-corrected chi connectivity index (χ3v) is 7.36. The maximum absolute atomic E-state index is 13.1. The Morgan fingerprint density at radius 3 is 2.47 bits per heavy atom. The molecule has 0 unspecified atom stereocenters. The molecule has 160 valence electrons. The molecule has 2 heterocycles. The van der Waals surface area contributed by atoms with Crippen LogP contribution in [0.4, 0.5) is 5.69 Å². The highest BCUT2D eigenvalue weighted by Gasteiger charge is 2.30. The molecule has 0 radical (unpaired) electrons. The van der Waals surface area contributed by atoms with Crippen LogP contribution < -0.4 is 10.1 Å². The molecular weight excluding hydrogens is 428 g/mol. The van der Waals surface area contributed by atoms with Crippen LogP contribution >= 0.6 is 11.6 Å². The Bertz CT molecular complexity index is 1020. The minimum absolute atomic E-state index is 0.168. The molecule has 2 saturated heterocycles. The van der Waals surface area contributed by atoms with Crippen LogP contribution in [-0.4, -0.2) is 44.4 Å². The van der Waals surface area contributed by atoms with Gasteiger partial charge in [0.15, 0.2) is 5.75 Å². The van der Waals surface area contributed by atoms with E-state index in [9.17, 15) is 13.2 Å². The molecule has 9 heteroatoms. The molecular formula is C21H23ClN2O5S. The Kier molecular flexibility index (Phi) is 6.17. The first-order valence-electron chi connectivity index (χ1n) is 9.94. The van der Waals surface area contributed by atoms with Crippen LogP contribution in [-0.2, 0) is 19.6 Å². The van der Waals surface area contributed by atoms with Crippen LogP contribution in [0.5, 0.6) is 11.5 Å². The zero-order valence-electron chi connectivity index (χ0n) is 16.3. The average molecular weight is 451 g/mol. The molecule has 0 bridgehead atoms. The lowest BCUT2D eigenvalue weighted by Crippen LogP contribution is -2.35. The first kappa shape index (κ1) is 21.0. The lowest BCUT2D eigenvalue weighted by atomic mass is 10.2. The fourth-order valence-corrected chi connectivity index (χ4v) is 5.24. The van der Waals surface area contributed by atoms with Gasteiger partial charge in [-0.2, -0.15) is 4.31 Å². The third kappa shape index (κ3) is 4.55. The van der Waals surface area contributed by atoms with Gasteiger partial charge in [-0.1, -0.05) is 18.0 Å². The van der Waals surface area contributed by atoms with E-state index in [2.05, 4.69) is 5.32 Å². The molecule has 2 aliphatic heterocycles. The molecule has 2 fully saturated rings. The van der Waals surface area contributed by atoms with Crippen LogP contribution in [0.2, 0.25) is 5.02 Å². The van der Waals surface area contributed by atoms with Crippen molar-refractivity contribution in [3.63, 3.8) is 0 Å². The van der Waals surface area contributed by atoms with E-state index in [1.54, 1.807) is 30.3 Å². The maximum atomic E-state index is 13.1. The zero-order chi connectivity index (χ0) is 21.1. The number of nitrogens with zero attached hydrogens (tertiary/aromatic N) is 1. The highest BCUT2D eigenvalue weighted by atomic mass is 35.5. The molecule has 2 aromatic rings. The number of anilines is 1. The average Bonchev–Trinajstić information content (AvgIpc) is 3.16. The normalized spacial score (nSPS) is 20.0. The van der Waals surface area contributed by atoms with Gasteiger partial charge in [-0.15, -0.1) is 0 Å². The van der Waals surface area contributed by atoms with Crippen molar-refractivity contribution in [2.75, 3.05) is 25.0 Å². The number of benzene rings is 2. The first-order valence-corrected chi connectivity index (χ1v) is 11.8. The van der Waals surface area contributed by atoms with Crippen molar-refractivity contribution in [1.82, 2.24) is 4.31 Å². The van der Waals surface area contributed by atoms with Gasteiger partial charge in [0.05, 0.1) is 17.2 Å². The topological polar surface area (TPSA) is 84.9 Å². The maximum Gasteiger partial charge on any atom is 0.328 e. The molecule has 1 N–H and O–H groups in total. The van der Waals surface area contributed by atoms with Gasteiger partial charge in [0, 0.05) is 24.5 Å². The van der Waals surface area contributed by atoms with Gasteiger partial charge >= 0.3 is 5.97 Å². The van der Waals surface area contributed by atoms with E-state index in [4.69, 9.17) is 21.1 Å². The number of carbonyl (C=O) groups is 1. The van der Waals surface area contributed by atoms with Gasteiger partial charge in [0.1, 0.15) is 11.8 Å². The molecule has 4 rings (SSSR count). The number of ether oxygens (including phenoxy) is 2. The van der Waals surface area contributed by atoms with Crippen molar-refractivity contribution in [2.45, 2.75) is 36.6 Å². The van der Waals surface area contributed by atoms with Crippen molar-refractivity contribution >= 4 is 33.3 Å². The van der Waals surface area contributed by atoms with Crippen LogP contribution in [0, 0.1) is 0 Å². The zero-order valence-corrected chi connectivity index (χ0v) is 17.9. The Balaban J connectivity index is 1.66. The smallest absolute Gasteiger partial charge is 0.328 e. The van der Waals surface area contributed by atoms with E-state index in [-0.39, 0.29) is 10.9 Å². The van der Waals surface area contributed by atoms with Crippen LogP contribution in [0.3, 0.4) is 0 Å². The number of cyclic esters (lactones) is 1. The molecule has 0 spiro atoms. The van der Waals surface area contributed by atoms with E-state index in [0.29, 0.717) is 48.3 Å². The minimum Gasteiger partial charge on any atom is -0.464 e. The third-order valence-electron chi connectivity index (χ3n) is 5.21. The summed E-state index contributed by atoms with van der Waals surface area (Å²) in [6.45, 7) is 1.36. The summed E-state index contributed by atoms with van der Waals surface area (Å²) in [7, 11) is -3.62. The van der Waals surface area contributed by atoms with E-state index >= 15 is 0 Å². The summed E-state index contributed by atoms with van der Waals surface area (Å²) < 4.78 is 38.7. The van der Waals surface area contributed by atoms with E-state index in [1.807, 2.05) is 0 Å². The second-order valence-corrected chi connectivity index (χ2v) is 9.71. The predicted octanol–water partition coefficient (Wildman–Crippen LogP) is 4.03. The van der Waals surface area contributed by atoms with Crippen LogP contribution in [0.25, 0.3) is 0 Å². The van der Waals surface area contributed by atoms with Crippen molar-refractivity contribution in [3.05, 3.63) is 47.5 Å². The molecule has 2 aliphatic rings. The number of nitrogens with one attached hydrogen (secondary N) is 1. The standard InChI is InChI=1S/C21H23ClN2O5S/c22-15-4-6-16(7-5-15)29-20-9-8-17(30(26,27)24-11-2-1-3-12-24)14-19(20)23-18-10-13-28-21(18)25/h4-9,14,18,23H,1-3,10-13H2/t18-/m0/s1. The second kappa shape index (κ2) is 8.83. The number of sulfonamides is 1. The Morgan fingerprint density at radius 2 is 1.80 bits per heavy atom. The SMILES string of the molecule is O=C1OCC[C@@H]1Nc1cc(S(=O)(=O)N2CCCCC2)ccc1Oc1ccc(Cl)cc1. The van der Waals surface area contributed by atoms with Crippen molar-refractivity contribution < 1.29 is 22.7 Å². The molecule has 1 atom stereocenters. The summed E-state index contributed by atoms with van der Waals surface area (Å²) >= 11 is 5.93. The summed E-state index contributed by atoms with van der Waals surface area (Å²) in [5.41, 5.74) is 0.423. The van der Waals surface area contributed by atoms with Gasteiger partial charge in [0.2, 0.25) is 10.0 Å². The molecule has 2 aromatic carbocycles. The van der Waals surface area contributed by atoms with Crippen molar-refractivity contribution in [1.29, 1.82) is 0 Å². The Labute approximate surface area is 181 Å². The quantitative estimate of drug-likeness (QED) is 0.669. The summed E-state index contributed by atoms with van der Waals surface area (Å²) in [4.78, 5) is 12.1. The van der Waals surface area contributed by atoms with Gasteiger partial charge in [0.25, 0.3) is 0 Å². The molecule has 0 aromatic heterocycles. The van der Waals surface area contributed by atoms with Gasteiger partial charge in [-0.25, -0.2) is 13.2 Å². The Hall–Kier alpha value is -2.29. The summed E-state index contributed by atoms with van der Waals surface area (Å²) in [6, 6.07) is 11.0. The largest absolute Gasteiger partial charge is 0.464 e. The number of rotatable bonds is 6. The molecule has 7 nitrogen and oxygen atoms in total. The summed E-state index contributed by atoms with van der Waals surface area (Å²) in [5.74, 6) is 0.592. The number of halogens is 1. The van der Waals surface area contributed by atoms with Crippen molar-refractivity contribution in [2.24, 2.45) is 0 Å². The van der Waals surface area contributed by atoms with Crippen LogP contribution in [0.1, 0.15) is 25.7 Å². The number of hydrogen-bond donors (Lipinski definition) is 1. The van der Waals surface area contributed by atoms with E-state index < -0.39 is 16.1 Å². The lowest BCUT2D eigenvalue weighted by molar-refractivity contribution is -0.138.